The average molecular weight is 317 g/mol. The monoisotopic (exact) mass is 316 g/mol. The molecular weight excluding hydrogens is 303 g/mol. The van der Waals surface area contributed by atoms with Crippen molar-refractivity contribution in [2.45, 2.75) is 6.04 Å². The van der Waals surface area contributed by atoms with Gasteiger partial charge in [0.15, 0.2) is 0 Å². The summed E-state index contributed by atoms with van der Waals surface area (Å²) >= 11 is 12.2. The molecule has 2 nitrogen and oxygen atoms in total. The van der Waals surface area contributed by atoms with Gasteiger partial charge in [-0.15, -0.1) is 0 Å². The molecule has 0 saturated heterocycles. The van der Waals surface area contributed by atoms with Crippen LogP contribution < -0.4 is 5.32 Å². The van der Waals surface area contributed by atoms with Crippen LogP contribution in [0.1, 0.15) is 17.2 Å². The van der Waals surface area contributed by atoms with Gasteiger partial charge in [-0.2, -0.15) is 0 Å². The topological polar surface area (TPSA) is 24.9 Å². The molecule has 0 aliphatic carbocycles. The van der Waals surface area contributed by atoms with Gasteiger partial charge >= 0.3 is 0 Å². The van der Waals surface area contributed by atoms with Crippen LogP contribution >= 0.6 is 23.2 Å². The van der Waals surface area contributed by atoms with E-state index >= 15 is 0 Å². The summed E-state index contributed by atoms with van der Waals surface area (Å²) in [5.41, 5.74) is 3.09. The van der Waals surface area contributed by atoms with Crippen molar-refractivity contribution in [1.82, 2.24) is 10.3 Å². The predicted molar refractivity (Wildman–Crippen MR) is 89.1 cm³/mol. The fraction of sp³-hybridized carbons (Fsp3) is 0.118. The predicted octanol–water partition coefficient (Wildman–Crippen LogP) is 4.85. The van der Waals surface area contributed by atoms with Gasteiger partial charge in [-0.05, 0) is 48.5 Å². The van der Waals surface area contributed by atoms with E-state index in [-0.39, 0.29) is 6.04 Å². The van der Waals surface area contributed by atoms with Crippen LogP contribution in [0.2, 0.25) is 10.0 Å². The number of hydrogen-bond acceptors (Lipinski definition) is 2. The third-order valence-corrected chi connectivity index (χ3v) is 3.89. The Labute approximate surface area is 133 Å². The number of fused-ring (bicyclic) bond motifs is 1. The Morgan fingerprint density at radius 2 is 1.67 bits per heavy atom. The zero-order valence-electron chi connectivity index (χ0n) is 11.5. The molecule has 0 aliphatic rings. The number of pyridine rings is 1. The van der Waals surface area contributed by atoms with Gasteiger partial charge in [0.2, 0.25) is 0 Å². The van der Waals surface area contributed by atoms with E-state index in [0.29, 0.717) is 10.0 Å². The van der Waals surface area contributed by atoms with Crippen LogP contribution in [0.25, 0.3) is 10.9 Å². The lowest BCUT2D eigenvalue weighted by molar-refractivity contribution is 0.690. The van der Waals surface area contributed by atoms with Crippen molar-refractivity contribution in [3.8, 4) is 0 Å². The van der Waals surface area contributed by atoms with E-state index in [9.17, 15) is 0 Å². The first-order chi connectivity index (χ1) is 10.2. The molecule has 1 aromatic heterocycles. The van der Waals surface area contributed by atoms with Crippen molar-refractivity contribution in [1.29, 1.82) is 0 Å². The lowest BCUT2D eigenvalue weighted by atomic mass is 9.99. The molecule has 1 unspecified atom stereocenters. The summed E-state index contributed by atoms with van der Waals surface area (Å²) in [6.45, 7) is 0. The number of nitrogens with one attached hydrogen (secondary N) is 1. The van der Waals surface area contributed by atoms with Gasteiger partial charge in [0.05, 0.1) is 11.6 Å². The fourth-order valence-corrected chi connectivity index (χ4v) is 3.06. The van der Waals surface area contributed by atoms with Crippen molar-refractivity contribution in [3.63, 3.8) is 0 Å². The Balaban J connectivity index is 2.08. The van der Waals surface area contributed by atoms with Crippen molar-refractivity contribution in [2.24, 2.45) is 0 Å². The number of hydrogen-bond donors (Lipinski definition) is 1. The molecule has 0 aliphatic heterocycles. The minimum absolute atomic E-state index is 0.00157. The van der Waals surface area contributed by atoms with Crippen molar-refractivity contribution in [3.05, 3.63) is 75.9 Å². The normalized spacial score (nSPS) is 12.5. The van der Waals surface area contributed by atoms with Crippen LogP contribution in [0.4, 0.5) is 0 Å². The van der Waals surface area contributed by atoms with Crippen LogP contribution in [-0.4, -0.2) is 12.0 Å². The smallest absolute Gasteiger partial charge is 0.0702 e. The van der Waals surface area contributed by atoms with Gasteiger partial charge in [0.25, 0.3) is 0 Å². The van der Waals surface area contributed by atoms with E-state index in [1.165, 1.54) is 0 Å². The summed E-state index contributed by atoms with van der Waals surface area (Å²) in [7, 11) is 1.91. The molecule has 106 valence electrons. The van der Waals surface area contributed by atoms with Crippen molar-refractivity contribution in [2.75, 3.05) is 7.05 Å². The first kappa shape index (κ1) is 14.3. The molecule has 3 aromatic rings. The van der Waals surface area contributed by atoms with Gasteiger partial charge in [0.1, 0.15) is 0 Å². The lowest BCUT2D eigenvalue weighted by Crippen LogP contribution is -2.17. The number of rotatable bonds is 3. The van der Waals surface area contributed by atoms with Gasteiger partial charge in [-0.3, -0.25) is 4.98 Å². The van der Waals surface area contributed by atoms with Crippen LogP contribution in [0.3, 0.4) is 0 Å². The molecular formula is C17H14Cl2N2. The molecule has 0 amide bonds. The number of aromatic nitrogens is 1. The van der Waals surface area contributed by atoms with Gasteiger partial charge in [0, 0.05) is 21.6 Å². The molecule has 1 N–H and O–H groups in total. The summed E-state index contributed by atoms with van der Waals surface area (Å²) in [5, 5.41) is 5.67. The maximum atomic E-state index is 6.11. The molecule has 0 fully saturated rings. The molecule has 1 heterocycles. The highest BCUT2D eigenvalue weighted by atomic mass is 35.5. The average Bonchev–Trinajstić information content (AvgIpc) is 2.47. The van der Waals surface area contributed by atoms with E-state index in [0.717, 1.165) is 22.0 Å². The van der Waals surface area contributed by atoms with Crippen molar-refractivity contribution < 1.29 is 0 Å². The van der Waals surface area contributed by atoms with E-state index in [2.05, 4.69) is 22.4 Å². The van der Waals surface area contributed by atoms with Gasteiger partial charge < -0.3 is 5.32 Å². The summed E-state index contributed by atoms with van der Waals surface area (Å²) in [6, 6.07) is 15.8. The number of benzene rings is 2. The Bertz CT molecular complexity index is 766. The van der Waals surface area contributed by atoms with E-state index in [4.69, 9.17) is 23.2 Å². The van der Waals surface area contributed by atoms with Crippen molar-refractivity contribution >= 4 is 34.1 Å². The lowest BCUT2D eigenvalue weighted by Gasteiger charge is -2.18. The Morgan fingerprint density at radius 1 is 0.952 bits per heavy atom. The van der Waals surface area contributed by atoms with E-state index < -0.39 is 0 Å². The third-order valence-electron chi connectivity index (χ3n) is 3.45. The first-order valence-corrected chi connectivity index (χ1v) is 7.41. The summed E-state index contributed by atoms with van der Waals surface area (Å²) < 4.78 is 0. The molecule has 4 heteroatoms. The van der Waals surface area contributed by atoms with Crippen LogP contribution in [0, 0.1) is 0 Å². The first-order valence-electron chi connectivity index (χ1n) is 6.65. The van der Waals surface area contributed by atoms with Gasteiger partial charge in [-0.25, -0.2) is 0 Å². The Morgan fingerprint density at radius 3 is 2.38 bits per heavy atom. The highest BCUT2D eigenvalue weighted by Crippen LogP contribution is 2.28. The number of nitrogens with zero attached hydrogens (tertiary/aromatic N) is 1. The minimum atomic E-state index is -0.00157. The molecule has 0 saturated carbocycles. The quantitative estimate of drug-likeness (QED) is 0.747. The maximum Gasteiger partial charge on any atom is 0.0702 e. The molecule has 1 atom stereocenters. The second-order valence-corrected chi connectivity index (χ2v) is 5.76. The number of halogens is 2. The summed E-state index contributed by atoms with van der Waals surface area (Å²) in [5.74, 6) is 0. The Hall–Kier alpha value is -1.61. The van der Waals surface area contributed by atoms with E-state index in [1.54, 1.807) is 6.07 Å². The standard InChI is InChI=1S/C17H14Cl2N2/c1-20-17(12-7-14(18)9-15(19)8-12)13-6-11-4-2-3-5-16(11)21-10-13/h2-10,17,20H,1H3. The minimum Gasteiger partial charge on any atom is -0.309 e. The molecule has 0 bridgehead atoms. The SMILES string of the molecule is CNC(c1cc(Cl)cc(Cl)c1)c1cnc2ccccc2c1. The number of para-hydroxylation sites is 1. The Kier molecular flexibility index (Phi) is 4.11. The molecule has 0 spiro atoms. The molecule has 21 heavy (non-hydrogen) atoms. The summed E-state index contributed by atoms with van der Waals surface area (Å²) in [4.78, 5) is 4.51. The molecule has 3 rings (SSSR count). The second-order valence-electron chi connectivity index (χ2n) is 4.89. The largest absolute Gasteiger partial charge is 0.309 e. The van der Waals surface area contributed by atoms with Crippen LogP contribution in [-0.2, 0) is 0 Å². The molecule has 2 aromatic carbocycles. The maximum absolute atomic E-state index is 6.11. The van der Waals surface area contributed by atoms with E-state index in [1.807, 2.05) is 43.6 Å². The van der Waals surface area contributed by atoms with Crippen LogP contribution in [0.15, 0.2) is 54.7 Å². The fourth-order valence-electron chi connectivity index (χ4n) is 2.51. The second kappa shape index (κ2) is 6.02. The van der Waals surface area contributed by atoms with Gasteiger partial charge in [-0.1, -0.05) is 41.4 Å². The van der Waals surface area contributed by atoms with Crippen LogP contribution in [0.5, 0.6) is 0 Å². The zero-order valence-corrected chi connectivity index (χ0v) is 13.0. The highest BCUT2D eigenvalue weighted by molar-refractivity contribution is 6.34. The molecule has 0 radical (unpaired) electrons. The highest BCUT2D eigenvalue weighted by Gasteiger charge is 2.14. The third kappa shape index (κ3) is 3.03. The zero-order chi connectivity index (χ0) is 14.8. The summed E-state index contributed by atoms with van der Waals surface area (Å²) in [6.07, 6.45) is 1.89.